The van der Waals surface area contributed by atoms with E-state index in [2.05, 4.69) is 15.1 Å². The number of rotatable bonds is 3. The molecule has 0 saturated carbocycles. The maximum absolute atomic E-state index is 13.4. The highest BCUT2D eigenvalue weighted by Gasteiger charge is 2.41. The van der Waals surface area contributed by atoms with Crippen molar-refractivity contribution in [2.75, 3.05) is 27.3 Å². The zero-order chi connectivity index (χ0) is 25.2. The van der Waals surface area contributed by atoms with Gasteiger partial charge in [-0.15, -0.1) is 21.5 Å². The Bertz CT molecular complexity index is 1350. The van der Waals surface area contributed by atoms with Crippen LogP contribution in [0.15, 0.2) is 18.2 Å². The molecule has 36 heavy (non-hydrogen) atoms. The Balaban J connectivity index is 1.26. The van der Waals surface area contributed by atoms with E-state index in [1.165, 1.54) is 16.2 Å². The van der Waals surface area contributed by atoms with Crippen LogP contribution in [0.25, 0.3) is 0 Å². The number of amides is 1. The second-order valence-corrected chi connectivity index (χ2v) is 10.3. The molecule has 1 atom stereocenters. The molecule has 190 valence electrons. The van der Waals surface area contributed by atoms with Crippen LogP contribution in [0.2, 0.25) is 0 Å². The van der Waals surface area contributed by atoms with Crippen LogP contribution in [-0.4, -0.2) is 57.8 Å². The number of halogens is 3. The highest BCUT2D eigenvalue weighted by Crippen LogP contribution is 2.46. The molecule has 1 unspecified atom stereocenters. The molecular formula is C24H24F3N5O3S. The summed E-state index contributed by atoms with van der Waals surface area (Å²) in [6, 6.07) is 5.96. The lowest BCUT2D eigenvalue weighted by Gasteiger charge is -2.41. The van der Waals surface area contributed by atoms with Gasteiger partial charge < -0.3 is 18.9 Å². The molecule has 5 heterocycles. The SMILES string of the molecule is COc1ccc(OC)c2c1CC1c3cc(C(=O)N4CCn5c(nnc5C(F)(F)F)C4)sc3CCN1C2. The van der Waals surface area contributed by atoms with Gasteiger partial charge in [0.05, 0.1) is 25.6 Å². The first kappa shape index (κ1) is 23.3. The molecule has 0 radical (unpaired) electrons. The Morgan fingerprint density at radius 1 is 1.06 bits per heavy atom. The maximum atomic E-state index is 13.4. The topological polar surface area (TPSA) is 72.7 Å². The third-order valence-corrected chi connectivity index (χ3v) is 8.51. The van der Waals surface area contributed by atoms with Crippen LogP contribution in [0.4, 0.5) is 13.2 Å². The number of alkyl halides is 3. The van der Waals surface area contributed by atoms with Crippen molar-refractivity contribution in [3.8, 4) is 11.5 Å². The standard InChI is InChI=1S/C24H24F3N5O3S/c1-34-17-3-4-18(35-2)15-11-30-6-5-19-14(16(30)9-13(15)17)10-20(36-19)22(33)31-7-8-32-21(12-31)28-29-23(32)24(25,26)27/h3-4,10,16H,5-9,11-12H2,1-2H3. The first-order valence-electron chi connectivity index (χ1n) is 11.7. The van der Waals surface area contributed by atoms with Gasteiger partial charge in [-0.05, 0) is 36.6 Å². The van der Waals surface area contributed by atoms with Crippen LogP contribution in [0, 0.1) is 0 Å². The van der Waals surface area contributed by atoms with Crippen LogP contribution in [0.3, 0.4) is 0 Å². The van der Waals surface area contributed by atoms with Gasteiger partial charge in [-0.3, -0.25) is 9.69 Å². The number of hydrogen-bond acceptors (Lipinski definition) is 7. The Morgan fingerprint density at radius 3 is 2.53 bits per heavy atom. The van der Waals surface area contributed by atoms with E-state index in [1.807, 2.05) is 18.2 Å². The van der Waals surface area contributed by atoms with E-state index in [-0.39, 0.29) is 37.4 Å². The van der Waals surface area contributed by atoms with Gasteiger partial charge in [0, 0.05) is 48.2 Å². The lowest BCUT2D eigenvalue weighted by Crippen LogP contribution is -2.39. The Morgan fingerprint density at radius 2 is 1.81 bits per heavy atom. The number of benzene rings is 1. The third-order valence-electron chi connectivity index (χ3n) is 7.32. The molecule has 1 aromatic carbocycles. The molecule has 6 rings (SSSR count). The van der Waals surface area contributed by atoms with Gasteiger partial charge in [-0.2, -0.15) is 13.2 Å². The molecule has 12 heteroatoms. The van der Waals surface area contributed by atoms with Gasteiger partial charge in [-0.25, -0.2) is 0 Å². The Hall–Kier alpha value is -3.12. The third kappa shape index (κ3) is 3.65. The molecule has 0 N–H and O–H groups in total. The number of aromatic nitrogens is 3. The summed E-state index contributed by atoms with van der Waals surface area (Å²) in [5.41, 5.74) is 3.41. The zero-order valence-corrected chi connectivity index (χ0v) is 20.6. The van der Waals surface area contributed by atoms with Crippen molar-refractivity contribution in [3.63, 3.8) is 0 Å². The number of nitrogens with zero attached hydrogens (tertiary/aromatic N) is 5. The van der Waals surface area contributed by atoms with Gasteiger partial charge in [-0.1, -0.05) is 0 Å². The van der Waals surface area contributed by atoms with Crippen molar-refractivity contribution in [1.82, 2.24) is 24.6 Å². The van der Waals surface area contributed by atoms with Gasteiger partial charge in [0.15, 0.2) is 5.82 Å². The molecule has 2 aromatic heterocycles. The summed E-state index contributed by atoms with van der Waals surface area (Å²) in [6.07, 6.45) is -2.98. The Labute approximate surface area is 209 Å². The molecule has 3 aromatic rings. The van der Waals surface area contributed by atoms with E-state index in [1.54, 1.807) is 19.1 Å². The van der Waals surface area contributed by atoms with Crippen molar-refractivity contribution >= 4 is 17.2 Å². The average molecular weight is 520 g/mol. The fourth-order valence-electron chi connectivity index (χ4n) is 5.57. The van der Waals surface area contributed by atoms with Crippen LogP contribution in [-0.2, 0) is 38.7 Å². The molecule has 0 fully saturated rings. The second-order valence-electron chi connectivity index (χ2n) is 9.17. The van der Waals surface area contributed by atoms with E-state index in [9.17, 15) is 18.0 Å². The van der Waals surface area contributed by atoms with Gasteiger partial charge >= 0.3 is 6.18 Å². The largest absolute Gasteiger partial charge is 0.496 e. The Kier molecular flexibility index (Phi) is 5.48. The minimum Gasteiger partial charge on any atom is -0.496 e. The van der Waals surface area contributed by atoms with Crippen molar-refractivity contribution < 1.29 is 27.4 Å². The summed E-state index contributed by atoms with van der Waals surface area (Å²) >= 11 is 1.49. The van der Waals surface area contributed by atoms with Crippen molar-refractivity contribution in [3.05, 3.63) is 56.3 Å². The smallest absolute Gasteiger partial charge is 0.451 e. The highest BCUT2D eigenvalue weighted by molar-refractivity contribution is 7.14. The van der Waals surface area contributed by atoms with Crippen LogP contribution in [0.1, 0.15) is 48.9 Å². The monoisotopic (exact) mass is 519 g/mol. The van der Waals surface area contributed by atoms with Gasteiger partial charge in [0.25, 0.3) is 5.91 Å². The number of fused-ring (bicyclic) bond motifs is 5. The molecule has 0 saturated heterocycles. The van der Waals surface area contributed by atoms with Crippen LogP contribution < -0.4 is 9.47 Å². The summed E-state index contributed by atoms with van der Waals surface area (Å²) in [5.74, 6) is 0.641. The molecular weight excluding hydrogens is 495 g/mol. The number of carbonyl (C=O) groups excluding carboxylic acids is 1. The molecule has 1 amide bonds. The second kappa shape index (κ2) is 8.48. The molecule has 0 aliphatic carbocycles. The normalized spacial score (nSPS) is 19.2. The predicted octanol–water partition coefficient (Wildman–Crippen LogP) is 3.69. The molecule has 8 nitrogen and oxygen atoms in total. The summed E-state index contributed by atoms with van der Waals surface area (Å²) in [7, 11) is 3.34. The summed E-state index contributed by atoms with van der Waals surface area (Å²) in [4.78, 5) is 19.1. The number of carbonyl (C=O) groups is 1. The minimum absolute atomic E-state index is 0.00437. The van der Waals surface area contributed by atoms with E-state index in [4.69, 9.17) is 9.47 Å². The van der Waals surface area contributed by atoms with Crippen molar-refractivity contribution in [2.24, 2.45) is 0 Å². The highest BCUT2D eigenvalue weighted by atomic mass is 32.1. The molecule has 0 spiro atoms. The number of methoxy groups -OCH3 is 2. The quantitative estimate of drug-likeness (QED) is 0.526. The van der Waals surface area contributed by atoms with Crippen molar-refractivity contribution in [1.29, 1.82) is 0 Å². The van der Waals surface area contributed by atoms with E-state index < -0.39 is 12.0 Å². The zero-order valence-electron chi connectivity index (χ0n) is 19.8. The molecule has 3 aliphatic rings. The number of thiophene rings is 1. The summed E-state index contributed by atoms with van der Waals surface area (Å²) in [6.45, 7) is 1.81. The maximum Gasteiger partial charge on any atom is 0.451 e. The lowest BCUT2D eigenvalue weighted by molar-refractivity contribution is -0.147. The van der Waals surface area contributed by atoms with Crippen LogP contribution in [0.5, 0.6) is 11.5 Å². The number of hydrogen-bond donors (Lipinski definition) is 0. The predicted molar refractivity (Wildman–Crippen MR) is 124 cm³/mol. The van der Waals surface area contributed by atoms with Gasteiger partial charge in [0.1, 0.15) is 11.5 Å². The van der Waals surface area contributed by atoms with E-state index in [0.29, 0.717) is 4.88 Å². The van der Waals surface area contributed by atoms with Gasteiger partial charge in [0.2, 0.25) is 5.82 Å². The number of ether oxygens (including phenoxy) is 2. The fourth-order valence-corrected chi connectivity index (χ4v) is 6.75. The van der Waals surface area contributed by atoms with Crippen LogP contribution >= 0.6 is 11.3 Å². The summed E-state index contributed by atoms with van der Waals surface area (Å²) in [5, 5.41) is 7.00. The minimum atomic E-state index is -4.57. The first-order valence-corrected chi connectivity index (χ1v) is 12.5. The fraction of sp³-hybridized carbons (Fsp3) is 0.458. The first-order chi connectivity index (χ1) is 17.3. The molecule has 3 aliphatic heterocycles. The summed E-state index contributed by atoms with van der Waals surface area (Å²) < 4.78 is 51.8. The van der Waals surface area contributed by atoms with Crippen molar-refractivity contribution in [2.45, 2.75) is 44.7 Å². The van der Waals surface area contributed by atoms with E-state index in [0.717, 1.165) is 58.7 Å². The van der Waals surface area contributed by atoms with E-state index >= 15 is 0 Å². The lowest BCUT2D eigenvalue weighted by atomic mass is 9.86. The average Bonchev–Trinajstić information content (AvgIpc) is 3.50. The molecule has 0 bridgehead atoms.